The molecule has 0 bridgehead atoms. The Morgan fingerprint density at radius 3 is 2.86 bits per heavy atom. The number of carbonyl (C=O) groups excluding carboxylic acids is 1. The summed E-state index contributed by atoms with van der Waals surface area (Å²) >= 11 is 9.47. The van der Waals surface area contributed by atoms with Gasteiger partial charge in [-0.05, 0) is 34.5 Å². The molecule has 1 aliphatic heterocycles. The lowest BCUT2D eigenvalue weighted by Crippen LogP contribution is -2.43. The normalized spacial score (nSPS) is 18.3. The first-order chi connectivity index (χ1) is 10.4. The van der Waals surface area contributed by atoms with Gasteiger partial charge < -0.3 is 9.52 Å². The summed E-state index contributed by atoms with van der Waals surface area (Å²) in [5.41, 5.74) is 0. The maximum Gasteiger partial charge on any atom is 0.326 e. The van der Waals surface area contributed by atoms with Crippen molar-refractivity contribution in [3.8, 4) is 0 Å². The second-order valence-corrected chi connectivity index (χ2v) is 7.15. The molecule has 0 aromatic carbocycles. The molecule has 2 heterocycles. The molecular weight excluding hydrogens is 390 g/mol. The van der Waals surface area contributed by atoms with Gasteiger partial charge in [-0.15, -0.1) is 0 Å². The standard InChI is InChI=1S/C14H14BrNO4S2/c1-2-3-4-9(13(18)19)16-12(17)10(22-14(16)21)7-8-5-6-11(15)20-8/h5-7,9H,2-4H2,1H3,(H,18,19)/b10-7+. The summed E-state index contributed by atoms with van der Waals surface area (Å²) in [6, 6.07) is 2.51. The maximum absolute atomic E-state index is 12.5. The van der Waals surface area contributed by atoms with Gasteiger partial charge in [-0.3, -0.25) is 9.69 Å². The average Bonchev–Trinajstić information content (AvgIpc) is 2.97. The summed E-state index contributed by atoms with van der Waals surface area (Å²) in [6.45, 7) is 1.97. The van der Waals surface area contributed by atoms with E-state index in [1.54, 1.807) is 18.2 Å². The van der Waals surface area contributed by atoms with Crippen LogP contribution in [0.5, 0.6) is 0 Å². The van der Waals surface area contributed by atoms with Gasteiger partial charge >= 0.3 is 5.97 Å². The quantitative estimate of drug-likeness (QED) is 0.573. The van der Waals surface area contributed by atoms with E-state index in [9.17, 15) is 14.7 Å². The highest BCUT2D eigenvalue weighted by Crippen LogP contribution is 2.35. The molecule has 0 aliphatic carbocycles. The summed E-state index contributed by atoms with van der Waals surface area (Å²) in [4.78, 5) is 25.5. The SMILES string of the molecule is CCCCC(C(=O)O)N1C(=O)/C(=C\c2ccc(Br)o2)SC1=S. The van der Waals surface area contributed by atoms with Gasteiger partial charge in [0.25, 0.3) is 5.91 Å². The molecular formula is C14H14BrNO4S2. The number of carboxylic acid groups (broad SMARTS) is 1. The third-order valence-corrected chi connectivity index (χ3v) is 4.88. The third-order valence-electron chi connectivity index (χ3n) is 3.12. The van der Waals surface area contributed by atoms with E-state index >= 15 is 0 Å². The molecule has 22 heavy (non-hydrogen) atoms. The smallest absolute Gasteiger partial charge is 0.326 e. The highest BCUT2D eigenvalue weighted by atomic mass is 79.9. The van der Waals surface area contributed by atoms with Crippen LogP contribution in [0.4, 0.5) is 0 Å². The van der Waals surface area contributed by atoms with E-state index in [-0.39, 0.29) is 10.2 Å². The molecule has 1 saturated heterocycles. The minimum Gasteiger partial charge on any atom is -0.480 e. The zero-order valence-electron chi connectivity index (χ0n) is 11.7. The lowest BCUT2D eigenvalue weighted by Gasteiger charge is -2.22. The van der Waals surface area contributed by atoms with Crippen molar-refractivity contribution in [2.75, 3.05) is 0 Å². The molecule has 118 valence electrons. The van der Waals surface area contributed by atoms with Crippen LogP contribution in [0.1, 0.15) is 31.9 Å². The van der Waals surface area contributed by atoms with E-state index in [0.717, 1.165) is 24.6 Å². The Morgan fingerprint density at radius 1 is 1.59 bits per heavy atom. The van der Waals surface area contributed by atoms with Crippen LogP contribution in [0.2, 0.25) is 0 Å². The van der Waals surface area contributed by atoms with E-state index in [4.69, 9.17) is 16.6 Å². The van der Waals surface area contributed by atoms with Crippen LogP contribution in [-0.4, -0.2) is 32.2 Å². The summed E-state index contributed by atoms with van der Waals surface area (Å²) < 4.78 is 6.16. The number of rotatable bonds is 6. The maximum atomic E-state index is 12.5. The van der Waals surface area contributed by atoms with Crippen molar-refractivity contribution in [3.05, 3.63) is 27.5 Å². The van der Waals surface area contributed by atoms with Crippen molar-refractivity contribution in [3.63, 3.8) is 0 Å². The van der Waals surface area contributed by atoms with Crippen molar-refractivity contribution in [1.82, 2.24) is 4.90 Å². The second kappa shape index (κ2) is 7.43. The number of unbranched alkanes of at least 4 members (excludes halogenated alkanes) is 1. The topological polar surface area (TPSA) is 70.8 Å². The zero-order valence-corrected chi connectivity index (χ0v) is 15.0. The van der Waals surface area contributed by atoms with Crippen molar-refractivity contribution in [2.24, 2.45) is 0 Å². The summed E-state index contributed by atoms with van der Waals surface area (Å²) in [5, 5.41) is 9.37. The number of carbonyl (C=O) groups is 2. The first-order valence-electron chi connectivity index (χ1n) is 6.69. The predicted molar refractivity (Wildman–Crippen MR) is 92.4 cm³/mol. The predicted octanol–water partition coefficient (Wildman–Crippen LogP) is 3.89. The van der Waals surface area contributed by atoms with Gasteiger partial charge in [0.05, 0.1) is 4.91 Å². The minimum absolute atomic E-state index is 0.269. The minimum atomic E-state index is -1.04. The van der Waals surface area contributed by atoms with Crippen LogP contribution in [0.25, 0.3) is 6.08 Å². The molecule has 1 amide bonds. The number of thiocarbonyl (C=S) groups is 1. The van der Waals surface area contributed by atoms with Crippen LogP contribution >= 0.6 is 39.9 Å². The molecule has 0 saturated carbocycles. The number of nitrogens with zero attached hydrogens (tertiary/aromatic N) is 1. The van der Waals surface area contributed by atoms with Crippen LogP contribution in [0.3, 0.4) is 0 Å². The van der Waals surface area contributed by atoms with Gasteiger partial charge in [0.15, 0.2) is 4.67 Å². The number of hydrogen-bond donors (Lipinski definition) is 1. The number of thioether (sulfide) groups is 1. The Kier molecular flexibility index (Phi) is 5.82. The van der Waals surface area contributed by atoms with Crippen LogP contribution in [-0.2, 0) is 9.59 Å². The number of hydrogen-bond acceptors (Lipinski definition) is 5. The molecule has 1 atom stereocenters. The monoisotopic (exact) mass is 403 g/mol. The molecule has 0 radical (unpaired) electrons. The van der Waals surface area contributed by atoms with Gasteiger partial charge in [0, 0.05) is 6.08 Å². The van der Waals surface area contributed by atoms with Crippen LogP contribution in [0.15, 0.2) is 26.1 Å². The van der Waals surface area contributed by atoms with Gasteiger partial charge in [0.1, 0.15) is 16.1 Å². The molecule has 1 aromatic heterocycles. The second-order valence-electron chi connectivity index (χ2n) is 4.69. The Morgan fingerprint density at radius 2 is 2.32 bits per heavy atom. The van der Waals surface area contributed by atoms with Gasteiger partial charge in [-0.1, -0.05) is 43.7 Å². The van der Waals surface area contributed by atoms with E-state index in [0.29, 0.717) is 21.8 Å². The summed E-state index contributed by atoms with van der Waals surface area (Å²) in [6.07, 6.45) is 3.54. The van der Waals surface area contributed by atoms with Crippen molar-refractivity contribution >= 4 is 62.2 Å². The summed E-state index contributed by atoms with van der Waals surface area (Å²) in [5.74, 6) is -0.912. The fraction of sp³-hybridized carbons (Fsp3) is 0.357. The van der Waals surface area contributed by atoms with E-state index in [2.05, 4.69) is 15.9 Å². The van der Waals surface area contributed by atoms with Gasteiger partial charge in [-0.2, -0.15) is 0 Å². The van der Waals surface area contributed by atoms with Crippen molar-refractivity contribution < 1.29 is 19.1 Å². The molecule has 1 aliphatic rings. The van der Waals surface area contributed by atoms with Crippen molar-refractivity contribution in [1.29, 1.82) is 0 Å². The van der Waals surface area contributed by atoms with Gasteiger partial charge in [-0.25, -0.2) is 4.79 Å². The Hall–Kier alpha value is -1.12. The third kappa shape index (κ3) is 3.80. The fourth-order valence-corrected chi connectivity index (χ4v) is 3.70. The van der Waals surface area contributed by atoms with E-state index in [1.807, 2.05) is 6.92 Å². The first kappa shape index (κ1) is 17.2. The Balaban J connectivity index is 2.23. The number of carboxylic acids is 1. The molecule has 2 rings (SSSR count). The Labute approximate surface area is 145 Å². The highest BCUT2D eigenvalue weighted by Gasteiger charge is 2.40. The number of furan rings is 1. The number of amides is 1. The molecule has 1 fully saturated rings. The fourth-order valence-electron chi connectivity index (χ4n) is 2.04. The molecule has 1 N–H and O–H groups in total. The molecule has 1 aromatic rings. The largest absolute Gasteiger partial charge is 0.480 e. The van der Waals surface area contributed by atoms with Crippen molar-refractivity contribution in [2.45, 2.75) is 32.2 Å². The number of halogens is 1. The lowest BCUT2D eigenvalue weighted by atomic mass is 10.1. The number of aliphatic carboxylic acids is 1. The first-order valence-corrected chi connectivity index (χ1v) is 8.71. The molecule has 0 spiro atoms. The molecule has 8 heteroatoms. The summed E-state index contributed by atoms with van der Waals surface area (Å²) in [7, 11) is 0. The zero-order chi connectivity index (χ0) is 16.3. The lowest BCUT2D eigenvalue weighted by molar-refractivity contribution is -0.145. The van der Waals surface area contributed by atoms with Crippen LogP contribution in [0, 0.1) is 0 Å². The molecule has 1 unspecified atom stereocenters. The average molecular weight is 404 g/mol. The van der Waals surface area contributed by atoms with E-state index in [1.165, 1.54) is 4.90 Å². The molecule has 5 nitrogen and oxygen atoms in total. The Bertz CT molecular complexity index is 641. The van der Waals surface area contributed by atoms with E-state index < -0.39 is 12.0 Å². The van der Waals surface area contributed by atoms with Crippen LogP contribution < -0.4 is 0 Å². The van der Waals surface area contributed by atoms with Gasteiger partial charge in [0.2, 0.25) is 0 Å². The highest BCUT2D eigenvalue weighted by molar-refractivity contribution is 9.10.